The molecule has 3 rings (SSSR count). The Bertz CT molecular complexity index is 590. The highest BCUT2D eigenvalue weighted by atomic mass is 16.5. The van der Waals surface area contributed by atoms with E-state index in [4.69, 9.17) is 4.52 Å². The third-order valence-electron chi connectivity index (χ3n) is 3.44. The lowest BCUT2D eigenvalue weighted by molar-refractivity contribution is 0.140. The topological polar surface area (TPSA) is 72.0 Å². The van der Waals surface area contributed by atoms with Gasteiger partial charge in [0.1, 0.15) is 5.69 Å². The van der Waals surface area contributed by atoms with E-state index in [1.54, 1.807) is 6.20 Å². The first-order valence-corrected chi connectivity index (χ1v) is 6.58. The number of aliphatic hydroxyl groups excluding tert-OH is 1. The van der Waals surface area contributed by atoms with Gasteiger partial charge in [0, 0.05) is 6.20 Å². The van der Waals surface area contributed by atoms with E-state index in [0.717, 1.165) is 29.7 Å². The highest BCUT2D eigenvalue weighted by molar-refractivity contribution is 5.53. The molecule has 5 nitrogen and oxygen atoms in total. The van der Waals surface area contributed by atoms with Gasteiger partial charge in [-0.15, -0.1) is 0 Å². The number of pyridine rings is 1. The fourth-order valence-electron chi connectivity index (χ4n) is 2.21. The van der Waals surface area contributed by atoms with Crippen molar-refractivity contribution in [1.29, 1.82) is 0 Å². The maximum atomic E-state index is 9.87. The van der Waals surface area contributed by atoms with Crippen molar-refractivity contribution < 1.29 is 9.63 Å². The van der Waals surface area contributed by atoms with Crippen LogP contribution in [-0.4, -0.2) is 26.3 Å². The van der Waals surface area contributed by atoms with Gasteiger partial charge >= 0.3 is 0 Å². The lowest BCUT2D eigenvalue weighted by Crippen LogP contribution is -2.12. The first kappa shape index (κ1) is 12.3. The zero-order valence-electron chi connectivity index (χ0n) is 11.1. The van der Waals surface area contributed by atoms with Crippen LogP contribution in [0.15, 0.2) is 16.8 Å². The first-order valence-electron chi connectivity index (χ1n) is 6.58. The molecule has 1 fully saturated rings. The van der Waals surface area contributed by atoms with Crippen molar-refractivity contribution >= 4 is 0 Å². The lowest BCUT2D eigenvalue weighted by atomic mass is 10.1. The predicted octanol–water partition coefficient (Wildman–Crippen LogP) is 2.06. The molecular weight excluding hydrogens is 242 g/mol. The van der Waals surface area contributed by atoms with Crippen molar-refractivity contribution in [1.82, 2.24) is 15.1 Å². The molecule has 1 aliphatic rings. The Hall–Kier alpha value is -1.75. The van der Waals surface area contributed by atoms with Gasteiger partial charge in [0.25, 0.3) is 0 Å². The van der Waals surface area contributed by atoms with Gasteiger partial charge in [0.15, 0.2) is 0 Å². The van der Waals surface area contributed by atoms with Gasteiger partial charge in [0.05, 0.1) is 12.5 Å². The summed E-state index contributed by atoms with van der Waals surface area (Å²) < 4.78 is 5.19. The van der Waals surface area contributed by atoms with Crippen LogP contribution in [0.5, 0.6) is 0 Å². The molecule has 5 heteroatoms. The standard InChI is InChI=1S/C14H17N3O2/c1-8-5-9(2)13(15-7-8)14-16-12(19-17-14)6-11(18)10-3-4-10/h5,7,10-11,18H,3-4,6H2,1-2H3. The number of aliphatic hydroxyl groups is 1. The number of aryl methyl sites for hydroxylation is 2. The summed E-state index contributed by atoms with van der Waals surface area (Å²) in [4.78, 5) is 8.66. The Morgan fingerprint density at radius 2 is 2.21 bits per heavy atom. The van der Waals surface area contributed by atoms with Crippen LogP contribution < -0.4 is 0 Å². The second-order valence-electron chi connectivity index (χ2n) is 5.30. The van der Waals surface area contributed by atoms with Gasteiger partial charge in [-0.3, -0.25) is 4.98 Å². The monoisotopic (exact) mass is 259 g/mol. The minimum atomic E-state index is -0.361. The van der Waals surface area contributed by atoms with Crippen molar-refractivity contribution in [3.63, 3.8) is 0 Å². The Labute approximate surface area is 111 Å². The van der Waals surface area contributed by atoms with E-state index in [-0.39, 0.29) is 6.10 Å². The molecule has 2 aromatic rings. The van der Waals surface area contributed by atoms with Crippen LogP contribution in [0.3, 0.4) is 0 Å². The minimum absolute atomic E-state index is 0.361. The predicted molar refractivity (Wildman–Crippen MR) is 69.4 cm³/mol. The summed E-state index contributed by atoms with van der Waals surface area (Å²) in [5, 5.41) is 13.8. The summed E-state index contributed by atoms with van der Waals surface area (Å²) in [5.74, 6) is 1.39. The van der Waals surface area contributed by atoms with E-state index < -0.39 is 0 Å². The molecule has 1 atom stereocenters. The molecule has 1 aliphatic carbocycles. The van der Waals surface area contributed by atoms with Crippen LogP contribution in [0.4, 0.5) is 0 Å². The summed E-state index contributed by atoms with van der Waals surface area (Å²) in [5.41, 5.74) is 2.87. The maximum Gasteiger partial charge on any atom is 0.229 e. The molecular formula is C14H17N3O2. The molecule has 2 aromatic heterocycles. The van der Waals surface area contributed by atoms with Crippen molar-refractivity contribution in [2.24, 2.45) is 5.92 Å². The number of nitrogens with zero attached hydrogens (tertiary/aromatic N) is 3. The normalized spacial score (nSPS) is 16.6. The Morgan fingerprint density at radius 1 is 1.42 bits per heavy atom. The van der Waals surface area contributed by atoms with Gasteiger partial charge in [-0.25, -0.2) is 0 Å². The molecule has 1 N–H and O–H groups in total. The van der Waals surface area contributed by atoms with Gasteiger partial charge in [-0.1, -0.05) is 11.2 Å². The molecule has 0 radical (unpaired) electrons. The second kappa shape index (κ2) is 4.74. The van der Waals surface area contributed by atoms with Crippen molar-refractivity contribution in [3.8, 4) is 11.5 Å². The van der Waals surface area contributed by atoms with Gasteiger partial charge in [0.2, 0.25) is 11.7 Å². The van der Waals surface area contributed by atoms with Crippen LogP contribution in [0, 0.1) is 19.8 Å². The van der Waals surface area contributed by atoms with Crippen molar-refractivity contribution in [3.05, 3.63) is 29.3 Å². The molecule has 2 heterocycles. The van der Waals surface area contributed by atoms with Crippen molar-refractivity contribution in [2.45, 2.75) is 39.2 Å². The molecule has 0 aromatic carbocycles. The largest absolute Gasteiger partial charge is 0.392 e. The van der Waals surface area contributed by atoms with Crippen LogP contribution in [-0.2, 0) is 6.42 Å². The summed E-state index contributed by atoms with van der Waals surface area (Å²) in [6.45, 7) is 3.97. The number of hydrogen-bond donors (Lipinski definition) is 1. The third kappa shape index (κ3) is 2.66. The fourth-order valence-corrected chi connectivity index (χ4v) is 2.21. The molecule has 0 spiro atoms. The fraction of sp³-hybridized carbons (Fsp3) is 0.500. The lowest BCUT2D eigenvalue weighted by Gasteiger charge is -2.03. The second-order valence-corrected chi connectivity index (χ2v) is 5.30. The van der Waals surface area contributed by atoms with Gasteiger partial charge in [-0.05, 0) is 43.7 Å². The van der Waals surface area contributed by atoms with E-state index in [1.807, 2.05) is 19.9 Å². The zero-order valence-corrected chi connectivity index (χ0v) is 11.1. The number of aromatic nitrogens is 3. The van der Waals surface area contributed by atoms with Gasteiger partial charge in [-0.2, -0.15) is 4.98 Å². The summed E-state index contributed by atoms with van der Waals surface area (Å²) in [6, 6.07) is 2.04. The molecule has 0 bridgehead atoms. The van der Waals surface area contributed by atoms with E-state index in [0.29, 0.717) is 24.1 Å². The number of rotatable bonds is 4. The third-order valence-corrected chi connectivity index (χ3v) is 3.44. The quantitative estimate of drug-likeness (QED) is 0.910. The molecule has 19 heavy (non-hydrogen) atoms. The SMILES string of the molecule is Cc1cnc(-c2noc(CC(O)C3CC3)n2)c(C)c1. The summed E-state index contributed by atoms with van der Waals surface area (Å²) in [7, 11) is 0. The number of hydrogen-bond acceptors (Lipinski definition) is 5. The van der Waals surface area contributed by atoms with Crippen LogP contribution in [0.1, 0.15) is 29.9 Å². The summed E-state index contributed by atoms with van der Waals surface area (Å²) in [6.07, 6.45) is 4.06. The van der Waals surface area contributed by atoms with E-state index >= 15 is 0 Å². The Kier molecular flexibility index (Phi) is 3.06. The average Bonchev–Trinajstić information content (AvgIpc) is 3.11. The molecule has 0 saturated heterocycles. The molecule has 1 saturated carbocycles. The van der Waals surface area contributed by atoms with E-state index in [9.17, 15) is 5.11 Å². The highest BCUT2D eigenvalue weighted by Gasteiger charge is 2.31. The first-order chi connectivity index (χ1) is 9.13. The van der Waals surface area contributed by atoms with Crippen LogP contribution >= 0.6 is 0 Å². The van der Waals surface area contributed by atoms with E-state index in [1.165, 1.54) is 0 Å². The zero-order chi connectivity index (χ0) is 13.4. The average molecular weight is 259 g/mol. The maximum absolute atomic E-state index is 9.87. The molecule has 1 unspecified atom stereocenters. The van der Waals surface area contributed by atoms with Crippen LogP contribution in [0.25, 0.3) is 11.5 Å². The molecule has 100 valence electrons. The highest BCUT2D eigenvalue weighted by Crippen LogP contribution is 2.33. The molecule has 0 aliphatic heterocycles. The van der Waals surface area contributed by atoms with Crippen molar-refractivity contribution in [2.75, 3.05) is 0 Å². The van der Waals surface area contributed by atoms with E-state index in [2.05, 4.69) is 15.1 Å². The molecule has 0 amide bonds. The Morgan fingerprint density at radius 3 is 2.89 bits per heavy atom. The summed E-state index contributed by atoms with van der Waals surface area (Å²) >= 11 is 0. The Balaban J connectivity index is 1.79. The minimum Gasteiger partial charge on any atom is -0.392 e. The van der Waals surface area contributed by atoms with Gasteiger partial charge < -0.3 is 9.63 Å². The van der Waals surface area contributed by atoms with Crippen LogP contribution in [0.2, 0.25) is 0 Å². The smallest absolute Gasteiger partial charge is 0.229 e.